The van der Waals surface area contributed by atoms with Crippen molar-refractivity contribution in [2.75, 3.05) is 0 Å². The van der Waals surface area contributed by atoms with Crippen molar-refractivity contribution in [3.05, 3.63) is 0 Å². The van der Waals surface area contributed by atoms with Gasteiger partial charge < -0.3 is 0 Å². The molecule has 0 aromatic rings. The summed E-state index contributed by atoms with van der Waals surface area (Å²) in [7, 11) is 0. The van der Waals surface area contributed by atoms with Crippen molar-refractivity contribution in [3.8, 4) is 0 Å². The lowest BCUT2D eigenvalue weighted by molar-refractivity contribution is -0.0272. The molecule has 20 heavy (non-hydrogen) atoms. The molecule has 0 heteroatoms. The first-order chi connectivity index (χ1) is 9.75. The molecule has 0 radical (unpaired) electrons. The molecule has 0 spiro atoms. The average Bonchev–Trinajstić information content (AvgIpc) is 2.91. The van der Waals surface area contributed by atoms with Crippen LogP contribution < -0.4 is 0 Å². The van der Waals surface area contributed by atoms with Crippen molar-refractivity contribution < 1.29 is 0 Å². The van der Waals surface area contributed by atoms with Gasteiger partial charge in [0, 0.05) is 0 Å². The first-order valence-electron chi connectivity index (χ1n) is 9.75. The van der Waals surface area contributed by atoms with Crippen LogP contribution in [-0.4, -0.2) is 0 Å². The zero-order valence-corrected chi connectivity index (χ0v) is 13.7. The van der Waals surface area contributed by atoms with Crippen LogP contribution in [0.15, 0.2) is 0 Å². The summed E-state index contributed by atoms with van der Waals surface area (Å²) < 4.78 is 0. The van der Waals surface area contributed by atoms with Gasteiger partial charge in [0.25, 0.3) is 0 Å². The van der Waals surface area contributed by atoms with Crippen molar-refractivity contribution in [1.29, 1.82) is 0 Å². The molecule has 4 aliphatic carbocycles. The smallest absolute Gasteiger partial charge is 0.0352 e. The lowest BCUT2D eigenvalue weighted by Gasteiger charge is -2.52. The second kappa shape index (κ2) is 5.33. The van der Waals surface area contributed by atoms with Gasteiger partial charge in [0.05, 0.1) is 0 Å². The van der Waals surface area contributed by atoms with Gasteiger partial charge in [-0.05, 0) is 92.3 Å². The molecule has 4 fully saturated rings. The molecule has 4 rings (SSSR count). The van der Waals surface area contributed by atoms with Gasteiger partial charge in [-0.2, -0.15) is 0 Å². The summed E-state index contributed by atoms with van der Waals surface area (Å²) in [5.41, 5.74) is 0. The fourth-order valence-corrected chi connectivity index (χ4v) is 7.36. The van der Waals surface area contributed by atoms with E-state index >= 15 is 0 Å². The van der Waals surface area contributed by atoms with E-state index in [1.54, 1.807) is 64.2 Å². The Morgan fingerprint density at radius 3 is 2.00 bits per heavy atom. The fourth-order valence-electron chi connectivity index (χ4n) is 7.36. The molecule has 0 N–H and O–H groups in total. The van der Waals surface area contributed by atoms with E-state index in [4.69, 9.17) is 0 Å². The first kappa shape index (κ1) is 13.6. The van der Waals surface area contributed by atoms with Gasteiger partial charge >= 0.3 is 0 Å². The second-order valence-electron chi connectivity index (χ2n) is 9.00. The van der Waals surface area contributed by atoms with Crippen LogP contribution in [0.2, 0.25) is 0 Å². The van der Waals surface area contributed by atoms with Crippen molar-refractivity contribution >= 4 is 0 Å². The van der Waals surface area contributed by atoms with E-state index in [9.17, 15) is 0 Å². The molecule has 114 valence electrons. The molecule has 0 nitrogen and oxygen atoms in total. The summed E-state index contributed by atoms with van der Waals surface area (Å²) in [5, 5.41) is 0. The summed E-state index contributed by atoms with van der Waals surface area (Å²) >= 11 is 0. The van der Waals surface area contributed by atoms with Crippen LogP contribution in [-0.2, 0) is 0 Å². The van der Waals surface area contributed by atoms with E-state index < -0.39 is 0 Å². The molecule has 0 heterocycles. The Balaban J connectivity index is 1.52. The largest absolute Gasteiger partial charge is 0.0625 e. The summed E-state index contributed by atoms with van der Waals surface area (Å²) in [4.78, 5) is 0. The highest BCUT2D eigenvalue weighted by molar-refractivity contribution is 5.00. The minimum atomic E-state index is 0.938. The maximum atomic E-state index is 2.48. The highest BCUT2D eigenvalue weighted by atomic mass is 14.6. The molecule has 7 unspecified atom stereocenters. The predicted molar refractivity (Wildman–Crippen MR) is 85.4 cm³/mol. The van der Waals surface area contributed by atoms with Crippen molar-refractivity contribution in [1.82, 2.24) is 0 Å². The van der Waals surface area contributed by atoms with Gasteiger partial charge in [-0.25, -0.2) is 0 Å². The molecule has 0 aromatic carbocycles. The van der Waals surface area contributed by atoms with Crippen molar-refractivity contribution in [2.24, 2.45) is 47.3 Å². The quantitative estimate of drug-likeness (QED) is 0.557. The zero-order valence-electron chi connectivity index (χ0n) is 13.7. The van der Waals surface area contributed by atoms with E-state index in [0.29, 0.717) is 0 Å². The summed E-state index contributed by atoms with van der Waals surface area (Å²) in [5.74, 6) is 8.88. The zero-order chi connectivity index (χ0) is 13.7. The molecule has 7 atom stereocenters. The lowest BCUT2D eigenvalue weighted by atomic mass is 9.53. The van der Waals surface area contributed by atoms with Crippen LogP contribution in [0.25, 0.3) is 0 Å². The topological polar surface area (TPSA) is 0 Å². The highest BCUT2D eigenvalue weighted by Crippen LogP contribution is 2.59. The average molecular weight is 274 g/mol. The monoisotopic (exact) mass is 274 g/mol. The second-order valence-corrected chi connectivity index (χ2v) is 9.00. The van der Waals surface area contributed by atoms with Crippen molar-refractivity contribution in [2.45, 2.75) is 78.1 Å². The van der Waals surface area contributed by atoms with Crippen LogP contribution >= 0.6 is 0 Å². The Morgan fingerprint density at radius 1 is 0.550 bits per heavy atom. The molecular formula is C20H34. The van der Waals surface area contributed by atoms with Crippen LogP contribution in [0.1, 0.15) is 78.1 Å². The molecule has 0 saturated heterocycles. The van der Waals surface area contributed by atoms with Gasteiger partial charge in [0.2, 0.25) is 0 Å². The first-order valence-corrected chi connectivity index (χ1v) is 9.75. The van der Waals surface area contributed by atoms with E-state index in [2.05, 4.69) is 13.8 Å². The van der Waals surface area contributed by atoms with Crippen molar-refractivity contribution in [3.63, 3.8) is 0 Å². The summed E-state index contributed by atoms with van der Waals surface area (Å²) in [6, 6.07) is 0. The summed E-state index contributed by atoms with van der Waals surface area (Å²) in [6.07, 6.45) is 15.8. The molecular weight excluding hydrogens is 240 g/mol. The molecule has 0 bridgehead atoms. The van der Waals surface area contributed by atoms with E-state index in [0.717, 1.165) is 47.3 Å². The van der Waals surface area contributed by atoms with E-state index in [-0.39, 0.29) is 0 Å². The van der Waals surface area contributed by atoms with Crippen LogP contribution in [0.4, 0.5) is 0 Å². The summed E-state index contributed by atoms with van der Waals surface area (Å²) in [6.45, 7) is 4.97. The third kappa shape index (κ3) is 2.08. The maximum absolute atomic E-state index is 2.48. The lowest BCUT2D eigenvalue weighted by Crippen LogP contribution is -2.44. The number of rotatable bonds is 1. The van der Waals surface area contributed by atoms with Gasteiger partial charge in [0.15, 0.2) is 0 Å². The third-order valence-electron chi connectivity index (χ3n) is 8.11. The predicted octanol–water partition coefficient (Wildman–Crippen LogP) is 5.91. The SMILES string of the molecule is CC(C)C1CCC2C1CCC1C3CCCCC3CCC12. The van der Waals surface area contributed by atoms with Gasteiger partial charge in [-0.15, -0.1) is 0 Å². The Kier molecular flexibility index (Phi) is 3.63. The molecule has 4 saturated carbocycles. The third-order valence-corrected chi connectivity index (χ3v) is 8.11. The van der Waals surface area contributed by atoms with Gasteiger partial charge in [-0.3, -0.25) is 0 Å². The number of hydrogen-bond donors (Lipinski definition) is 0. The highest BCUT2D eigenvalue weighted by Gasteiger charge is 2.51. The number of fused-ring (bicyclic) bond motifs is 5. The molecule has 0 aromatic heterocycles. The Bertz CT molecular complexity index is 344. The van der Waals surface area contributed by atoms with Crippen LogP contribution in [0.5, 0.6) is 0 Å². The normalized spacial score (nSPS) is 51.5. The minimum Gasteiger partial charge on any atom is -0.0625 e. The van der Waals surface area contributed by atoms with Crippen LogP contribution in [0, 0.1) is 47.3 Å². The Labute approximate surface area is 126 Å². The molecule has 0 amide bonds. The van der Waals surface area contributed by atoms with Crippen LogP contribution in [0.3, 0.4) is 0 Å². The Morgan fingerprint density at radius 2 is 1.15 bits per heavy atom. The maximum Gasteiger partial charge on any atom is -0.0352 e. The Hall–Kier alpha value is 0. The van der Waals surface area contributed by atoms with E-state index in [1.807, 2.05) is 0 Å². The molecule has 0 aliphatic heterocycles. The fraction of sp³-hybridized carbons (Fsp3) is 1.00. The standard InChI is InChI=1S/C20H34/c1-13(2)15-9-10-20-17(15)11-12-18-16-6-4-3-5-14(16)7-8-19(18)20/h13-20H,3-12H2,1-2H3. The van der Waals surface area contributed by atoms with Gasteiger partial charge in [-0.1, -0.05) is 33.1 Å². The van der Waals surface area contributed by atoms with E-state index in [1.165, 1.54) is 0 Å². The van der Waals surface area contributed by atoms with Gasteiger partial charge in [0.1, 0.15) is 0 Å². The number of hydrogen-bond acceptors (Lipinski definition) is 0. The minimum absolute atomic E-state index is 0.938. The molecule has 4 aliphatic rings.